The van der Waals surface area contributed by atoms with Crippen molar-refractivity contribution in [1.82, 2.24) is 0 Å². The molecule has 0 amide bonds. The molecular weight excluding hydrogens is 408 g/mol. The lowest BCUT2D eigenvalue weighted by Gasteiger charge is -2.05. The maximum Gasteiger partial charge on any atom is 0.347 e. The van der Waals surface area contributed by atoms with Gasteiger partial charge in [-0.1, -0.05) is 48.5 Å². The SMILES string of the molecule is O=C(/C(Br)=N/Nc1ccccc1)c1cc2c(ccc3ccccc32)oc1=O. The fourth-order valence-corrected chi connectivity index (χ4v) is 3.12. The maximum absolute atomic E-state index is 12.7. The molecule has 1 aromatic heterocycles. The standard InChI is InChI=1S/C21H13BrN2O3/c22-20(24-23-14-7-2-1-3-8-14)19(25)17-12-16-15-9-5-4-6-13(15)10-11-18(16)27-21(17)26/h1-12,23H/b24-20-. The van der Waals surface area contributed by atoms with Crippen LogP contribution >= 0.6 is 15.9 Å². The van der Waals surface area contributed by atoms with Crippen LogP contribution in [-0.2, 0) is 0 Å². The third-order valence-corrected chi connectivity index (χ3v) is 4.67. The zero-order valence-electron chi connectivity index (χ0n) is 14.0. The van der Waals surface area contributed by atoms with Gasteiger partial charge in [-0.25, -0.2) is 4.79 Å². The Balaban J connectivity index is 1.76. The number of Topliss-reactive ketones (excluding diaryl/α,β-unsaturated/α-hetero) is 1. The van der Waals surface area contributed by atoms with Gasteiger partial charge in [-0.05, 0) is 51.0 Å². The number of anilines is 1. The minimum absolute atomic E-state index is 0.0155. The number of carbonyl (C=O) groups is 1. The number of carbonyl (C=O) groups excluding carboxylic acids is 1. The van der Waals surface area contributed by atoms with Gasteiger partial charge in [0.05, 0.1) is 5.69 Å². The van der Waals surface area contributed by atoms with Crippen LogP contribution in [0.1, 0.15) is 10.4 Å². The lowest BCUT2D eigenvalue weighted by atomic mass is 10.0. The van der Waals surface area contributed by atoms with Crippen molar-refractivity contribution in [1.29, 1.82) is 0 Å². The van der Waals surface area contributed by atoms with E-state index >= 15 is 0 Å². The van der Waals surface area contributed by atoms with Gasteiger partial charge in [0, 0.05) is 5.39 Å². The molecule has 5 nitrogen and oxygen atoms in total. The van der Waals surface area contributed by atoms with Crippen LogP contribution in [0, 0.1) is 0 Å². The molecule has 0 saturated heterocycles. The second-order valence-corrected chi connectivity index (χ2v) is 6.61. The molecule has 1 N–H and O–H groups in total. The van der Waals surface area contributed by atoms with Gasteiger partial charge in [-0.3, -0.25) is 10.2 Å². The molecule has 4 rings (SSSR count). The molecule has 0 saturated carbocycles. The Kier molecular flexibility index (Phi) is 4.56. The number of hydrogen-bond acceptors (Lipinski definition) is 5. The molecule has 0 spiro atoms. The monoisotopic (exact) mass is 420 g/mol. The first-order valence-electron chi connectivity index (χ1n) is 8.18. The van der Waals surface area contributed by atoms with Gasteiger partial charge in [0.25, 0.3) is 0 Å². The Morgan fingerprint density at radius 3 is 2.48 bits per heavy atom. The number of halogens is 1. The third-order valence-electron chi connectivity index (χ3n) is 4.13. The van der Waals surface area contributed by atoms with E-state index in [1.807, 2.05) is 60.7 Å². The number of ketones is 1. The second-order valence-electron chi connectivity index (χ2n) is 5.86. The van der Waals surface area contributed by atoms with Crippen LogP contribution in [0.2, 0.25) is 0 Å². The van der Waals surface area contributed by atoms with Crippen LogP contribution in [0.25, 0.3) is 21.7 Å². The van der Waals surface area contributed by atoms with Gasteiger partial charge in [0.15, 0.2) is 4.62 Å². The number of fused-ring (bicyclic) bond motifs is 3. The van der Waals surface area contributed by atoms with Crippen molar-refractivity contribution in [3.8, 4) is 0 Å². The summed E-state index contributed by atoms with van der Waals surface area (Å²) in [6.45, 7) is 0. The van der Waals surface area contributed by atoms with Crippen LogP contribution in [-0.4, -0.2) is 10.4 Å². The number of para-hydroxylation sites is 1. The van der Waals surface area contributed by atoms with E-state index in [0.29, 0.717) is 11.0 Å². The van der Waals surface area contributed by atoms with E-state index in [-0.39, 0.29) is 10.2 Å². The molecule has 0 fully saturated rings. The molecule has 27 heavy (non-hydrogen) atoms. The summed E-state index contributed by atoms with van der Waals surface area (Å²) in [5.74, 6) is -0.554. The van der Waals surface area contributed by atoms with Crippen molar-refractivity contribution >= 4 is 53.8 Å². The quantitative estimate of drug-likeness (QED) is 0.166. The summed E-state index contributed by atoms with van der Waals surface area (Å²) in [6, 6.07) is 22.1. The molecule has 0 aliphatic heterocycles. The molecule has 0 atom stereocenters. The van der Waals surface area contributed by atoms with Crippen LogP contribution in [0.5, 0.6) is 0 Å². The summed E-state index contributed by atoms with van der Waals surface area (Å²) >= 11 is 3.14. The van der Waals surface area contributed by atoms with Crippen LogP contribution < -0.4 is 11.1 Å². The maximum atomic E-state index is 12.7. The average molecular weight is 421 g/mol. The Bertz CT molecular complexity index is 1250. The average Bonchev–Trinajstić information content (AvgIpc) is 2.71. The lowest BCUT2D eigenvalue weighted by Crippen LogP contribution is -2.19. The van der Waals surface area contributed by atoms with Crippen molar-refractivity contribution < 1.29 is 9.21 Å². The van der Waals surface area contributed by atoms with Gasteiger partial charge in [0.1, 0.15) is 11.1 Å². The molecule has 3 aromatic carbocycles. The van der Waals surface area contributed by atoms with Crippen molar-refractivity contribution in [2.75, 3.05) is 5.43 Å². The summed E-state index contributed by atoms with van der Waals surface area (Å²) in [5.41, 5.74) is 3.15. The lowest BCUT2D eigenvalue weighted by molar-refractivity contribution is 0.106. The van der Waals surface area contributed by atoms with Crippen molar-refractivity contribution in [3.63, 3.8) is 0 Å². The predicted octanol–water partition coefficient (Wildman–Crippen LogP) is 4.95. The normalized spacial score (nSPS) is 11.7. The molecule has 1 heterocycles. The third kappa shape index (κ3) is 3.39. The number of rotatable bonds is 4. The van der Waals surface area contributed by atoms with Gasteiger partial charge >= 0.3 is 5.63 Å². The highest BCUT2D eigenvalue weighted by atomic mass is 79.9. The van der Waals surface area contributed by atoms with Crippen LogP contribution in [0.3, 0.4) is 0 Å². The number of benzene rings is 3. The zero-order valence-corrected chi connectivity index (χ0v) is 15.6. The van der Waals surface area contributed by atoms with Crippen molar-refractivity contribution in [2.24, 2.45) is 5.10 Å². The summed E-state index contributed by atoms with van der Waals surface area (Å²) in [7, 11) is 0. The van der Waals surface area contributed by atoms with E-state index in [1.54, 1.807) is 12.1 Å². The summed E-state index contributed by atoms with van der Waals surface area (Å²) in [6.07, 6.45) is 0. The predicted molar refractivity (Wildman–Crippen MR) is 111 cm³/mol. The zero-order chi connectivity index (χ0) is 18.8. The minimum atomic E-state index is -0.699. The van der Waals surface area contributed by atoms with Crippen molar-refractivity contribution in [2.45, 2.75) is 0 Å². The Labute approximate surface area is 162 Å². The summed E-state index contributed by atoms with van der Waals surface area (Å²) < 4.78 is 5.35. The largest absolute Gasteiger partial charge is 0.422 e. The Morgan fingerprint density at radius 1 is 0.926 bits per heavy atom. The topological polar surface area (TPSA) is 71.7 Å². The number of hydrogen-bond donors (Lipinski definition) is 1. The minimum Gasteiger partial charge on any atom is -0.422 e. The highest BCUT2D eigenvalue weighted by Gasteiger charge is 2.18. The molecule has 0 aliphatic rings. The second kappa shape index (κ2) is 7.17. The fraction of sp³-hybridized carbons (Fsp3) is 0. The van der Waals surface area contributed by atoms with E-state index in [4.69, 9.17) is 4.42 Å². The molecule has 0 unspecified atom stereocenters. The molecular formula is C21H13BrN2O3. The molecule has 0 bridgehead atoms. The van der Waals surface area contributed by atoms with E-state index in [1.165, 1.54) is 0 Å². The summed E-state index contributed by atoms with van der Waals surface area (Å²) in [5, 5.41) is 6.61. The van der Waals surface area contributed by atoms with Crippen molar-refractivity contribution in [3.05, 3.63) is 88.8 Å². The molecule has 0 radical (unpaired) electrons. The molecule has 132 valence electrons. The van der Waals surface area contributed by atoms with E-state index < -0.39 is 11.4 Å². The summed E-state index contributed by atoms with van der Waals surface area (Å²) in [4.78, 5) is 25.0. The fourth-order valence-electron chi connectivity index (χ4n) is 2.82. The molecule has 4 aromatic rings. The Hall–Kier alpha value is -3.25. The first-order valence-corrected chi connectivity index (χ1v) is 8.97. The van der Waals surface area contributed by atoms with E-state index in [0.717, 1.165) is 16.5 Å². The first kappa shape index (κ1) is 17.2. The van der Waals surface area contributed by atoms with E-state index in [9.17, 15) is 9.59 Å². The number of nitrogens with one attached hydrogen (secondary N) is 1. The number of hydrazone groups is 1. The number of nitrogens with zero attached hydrogens (tertiary/aromatic N) is 1. The first-order chi connectivity index (χ1) is 13.1. The highest BCUT2D eigenvalue weighted by Crippen LogP contribution is 2.25. The van der Waals surface area contributed by atoms with Gasteiger partial charge in [0.2, 0.25) is 5.78 Å². The van der Waals surface area contributed by atoms with Crippen LogP contribution in [0.15, 0.2) is 87.1 Å². The molecule has 0 aliphatic carbocycles. The van der Waals surface area contributed by atoms with Gasteiger partial charge < -0.3 is 4.42 Å². The van der Waals surface area contributed by atoms with Gasteiger partial charge in [-0.2, -0.15) is 5.10 Å². The van der Waals surface area contributed by atoms with Gasteiger partial charge in [-0.15, -0.1) is 0 Å². The van der Waals surface area contributed by atoms with Crippen LogP contribution in [0.4, 0.5) is 5.69 Å². The highest BCUT2D eigenvalue weighted by molar-refractivity contribution is 9.19. The molecule has 6 heteroatoms. The van der Waals surface area contributed by atoms with E-state index in [2.05, 4.69) is 26.5 Å². The smallest absolute Gasteiger partial charge is 0.347 e. The Morgan fingerprint density at radius 2 is 1.67 bits per heavy atom.